The summed E-state index contributed by atoms with van der Waals surface area (Å²) < 4.78 is 13.8. The van der Waals surface area contributed by atoms with Crippen LogP contribution in [0.1, 0.15) is 35.7 Å². The van der Waals surface area contributed by atoms with Gasteiger partial charge in [-0.05, 0) is 31.0 Å². The Morgan fingerprint density at radius 1 is 1.25 bits per heavy atom. The molecule has 0 radical (unpaired) electrons. The molecule has 0 heterocycles. The Kier molecular flexibility index (Phi) is 5.96. The minimum atomic E-state index is -0.591. The highest BCUT2D eigenvalue weighted by atomic mass is 19.1. The highest BCUT2D eigenvalue weighted by molar-refractivity contribution is 5.95. The largest absolute Gasteiger partial charge is 0.399 e. The molecule has 0 spiro atoms. The lowest BCUT2D eigenvalue weighted by Crippen LogP contribution is -2.31. The van der Waals surface area contributed by atoms with Crippen molar-refractivity contribution in [2.75, 3.05) is 18.8 Å². The summed E-state index contributed by atoms with van der Waals surface area (Å²) >= 11 is 0. The number of halogens is 1. The van der Waals surface area contributed by atoms with E-state index < -0.39 is 11.7 Å². The molecule has 0 aromatic heterocycles. The van der Waals surface area contributed by atoms with Crippen LogP contribution in [0.4, 0.5) is 10.1 Å². The molecule has 0 saturated heterocycles. The first-order valence-corrected chi connectivity index (χ1v) is 6.56. The summed E-state index contributed by atoms with van der Waals surface area (Å²) in [7, 11) is 0. The van der Waals surface area contributed by atoms with E-state index in [4.69, 9.17) is 5.73 Å². The average Bonchev–Trinajstić information content (AvgIpc) is 2.40. The number of nitrogens with one attached hydrogen (secondary N) is 2. The third-order valence-electron chi connectivity index (χ3n) is 2.73. The second kappa shape index (κ2) is 7.47. The highest BCUT2D eigenvalue weighted by Crippen LogP contribution is 2.16. The van der Waals surface area contributed by atoms with Gasteiger partial charge in [-0.2, -0.15) is 0 Å². The predicted octanol–water partition coefficient (Wildman–Crippen LogP) is 1.36. The van der Waals surface area contributed by atoms with Crippen LogP contribution in [0.25, 0.3) is 0 Å². The molecular weight excluding hydrogens is 261 g/mol. The van der Waals surface area contributed by atoms with Gasteiger partial charge in [0, 0.05) is 25.2 Å². The summed E-state index contributed by atoms with van der Waals surface area (Å²) in [6.45, 7) is 4.26. The zero-order chi connectivity index (χ0) is 15.1. The van der Waals surface area contributed by atoms with Gasteiger partial charge in [-0.15, -0.1) is 0 Å². The molecule has 0 atom stereocenters. The highest BCUT2D eigenvalue weighted by Gasteiger charge is 2.14. The molecule has 1 aromatic rings. The van der Waals surface area contributed by atoms with Gasteiger partial charge < -0.3 is 16.4 Å². The van der Waals surface area contributed by atoms with Gasteiger partial charge in [-0.1, -0.05) is 6.92 Å². The maximum Gasteiger partial charge on any atom is 0.254 e. The summed E-state index contributed by atoms with van der Waals surface area (Å²) in [6, 6.07) is 2.75. The molecule has 4 N–H and O–H groups in total. The molecule has 0 aliphatic heterocycles. The second-order valence-electron chi connectivity index (χ2n) is 4.56. The van der Waals surface area contributed by atoms with E-state index in [0.29, 0.717) is 17.8 Å². The number of carbonyl (C=O) groups is 2. The molecule has 110 valence electrons. The van der Waals surface area contributed by atoms with Crippen molar-refractivity contribution in [3.8, 4) is 0 Å². The van der Waals surface area contributed by atoms with Crippen LogP contribution >= 0.6 is 0 Å². The Bertz CT molecular complexity index is 503. The number of anilines is 1. The maximum atomic E-state index is 13.8. The lowest BCUT2D eigenvalue weighted by molar-refractivity contribution is -0.120. The molecule has 1 aromatic carbocycles. The van der Waals surface area contributed by atoms with Crippen molar-refractivity contribution < 1.29 is 14.0 Å². The van der Waals surface area contributed by atoms with Crippen LogP contribution in [0, 0.1) is 12.7 Å². The van der Waals surface area contributed by atoms with E-state index >= 15 is 0 Å². The van der Waals surface area contributed by atoms with E-state index in [1.165, 1.54) is 12.1 Å². The average molecular weight is 281 g/mol. The number of nitrogens with two attached hydrogens (primary N) is 1. The van der Waals surface area contributed by atoms with Crippen LogP contribution < -0.4 is 16.4 Å². The van der Waals surface area contributed by atoms with E-state index in [-0.39, 0.29) is 24.4 Å². The topological polar surface area (TPSA) is 84.2 Å². The van der Waals surface area contributed by atoms with Gasteiger partial charge in [0.25, 0.3) is 5.91 Å². The van der Waals surface area contributed by atoms with Crippen LogP contribution in [-0.4, -0.2) is 24.9 Å². The minimum absolute atomic E-state index is 0.100. The Morgan fingerprint density at radius 2 is 1.95 bits per heavy atom. The van der Waals surface area contributed by atoms with Gasteiger partial charge >= 0.3 is 0 Å². The number of nitrogen functional groups attached to an aromatic ring is 1. The number of hydrogen-bond acceptors (Lipinski definition) is 3. The van der Waals surface area contributed by atoms with Crippen molar-refractivity contribution in [1.82, 2.24) is 10.6 Å². The minimum Gasteiger partial charge on any atom is -0.399 e. The fraction of sp³-hybridized carbons (Fsp3) is 0.429. The Hall–Kier alpha value is -2.11. The predicted molar refractivity (Wildman–Crippen MR) is 75.8 cm³/mol. The Morgan fingerprint density at radius 3 is 2.60 bits per heavy atom. The summed E-state index contributed by atoms with van der Waals surface area (Å²) in [5.41, 5.74) is 6.13. The van der Waals surface area contributed by atoms with Gasteiger partial charge in [0.1, 0.15) is 5.82 Å². The molecule has 0 aliphatic carbocycles. The molecule has 0 saturated carbocycles. The number of rotatable bonds is 6. The van der Waals surface area contributed by atoms with Crippen molar-refractivity contribution in [3.05, 3.63) is 29.1 Å². The molecule has 0 fully saturated rings. The van der Waals surface area contributed by atoms with Crippen molar-refractivity contribution in [2.45, 2.75) is 26.7 Å². The summed E-state index contributed by atoms with van der Waals surface area (Å²) in [4.78, 5) is 23.2. The summed E-state index contributed by atoms with van der Waals surface area (Å²) in [5.74, 6) is -1.30. The van der Waals surface area contributed by atoms with Crippen LogP contribution in [0.3, 0.4) is 0 Å². The smallest absolute Gasteiger partial charge is 0.254 e. The monoisotopic (exact) mass is 281 g/mol. The molecule has 0 bridgehead atoms. The van der Waals surface area contributed by atoms with Crippen LogP contribution in [0.5, 0.6) is 0 Å². The fourth-order valence-electron chi connectivity index (χ4n) is 1.70. The molecule has 0 aliphatic rings. The number of hydrogen-bond donors (Lipinski definition) is 3. The zero-order valence-corrected chi connectivity index (χ0v) is 11.8. The SMILES string of the molecule is CCCNC(=O)CCNC(=O)c1cc(N)cc(C)c1F. The van der Waals surface area contributed by atoms with Crippen LogP contribution in [0.2, 0.25) is 0 Å². The number of benzene rings is 1. The van der Waals surface area contributed by atoms with E-state index in [9.17, 15) is 14.0 Å². The first-order chi connectivity index (χ1) is 9.45. The van der Waals surface area contributed by atoms with Crippen molar-refractivity contribution in [3.63, 3.8) is 0 Å². The third kappa shape index (κ3) is 4.53. The first-order valence-electron chi connectivity index (χ1n) is 6.56. The van der Waals surface area contributed by atoms with Crippen LogP contribution in [-0.2, 0) is 4.79 Å². The number of carbonyl (C=O) groups excluding carboxylic acids is 2. The number of amides is 2. The van der Waals surface area contributed by atoms with E-state index in [2.05, 4.69) is 10.6 Å². The van der Waals surface area contributed by atoms with Gasteiger partial charge in [-0.25, -0.2) is 4.39 Å². The molecule has 5 nitrogen and oxygen atoms in total. The third-order valence-corrected chi connectivity index (χ3v) is 2.73. The van der Waals surface area contributed by atoms with E-state index in [1.807, 2.05) is 6.92 Å². The van der Waals surface area contributed by atoms with Gasteiger partial charge in [-0.3, -0.25) is 9.59 Å². The fourth-order valence-corrected chi connectivity index (χ4v) is 1.70. The van der Waals surface area contributed by atoms with Gasteiger partial charge in [0.15, 0.2) is 0 Å². The Balaban J connectivity index is 2.54. The lowest BCUT2D eigenvalue weighted by Gasteiger charge is -2.09. The van der Waals surface area contributed by atoms with Crippen molar-refractivity contribution >= 4 is 17.5 Å². The second-order valence-corrected chi connectivity index (χ2v) is 4.56. The summed E-state index contributed by atoms with van der Waals surface area (Å²) in [6.07, 6.45) is 1.01. The molecule has 0 unspecified atom stereocenters. The molecule has 2 amide bonds. The lowest BCUT2D eigenvalue weighted by atomic mass is 10.1. The first kappa shape index (κ1) is 15.9. The maximum absolute atomic E-state index is 13.8. The Labute approximate surface area is 117 Å². The standard InChI is InChI=1S/C14H20FN3O2/c1-3-5-17-12(19)4-6-18-14(20)11-8-10(16)7-9(2)13(11)15/h7-8H,3-6,16H2,1-2H3,(H,17,19)(H,18,20). The molecule has 20 heavy (non-hydrogen) atoms. The zero-order valence-electron chi connectivity index (χ0n) is 11.8. The van der Waals surface area contributed by atoms with Crippen LogP contribution in [0.15, 0.2) is 12.1 Å². The van der Waals surface area contributed by atoms with Crippen molar-refractivity contribution in [1.29, 1.82) is 0 Å². The van der Waals surface area contributed by atoms with E-state index in [1.54, 1.807) is 6.92 Å². The molecule has 6 heteroatoms. The molecular formula is C14H20FN3O2. The van der Waals surface area contributed by atoms with Gasteiger partial charge in [0.05, 0.1) is 5.56 Å². The summed E-state index contributed by atoms with van der Waals surface area (Å²) in [5, 5.41) is 5.20. The normalized spacial score (nSPS) is 10.2. The van der Waals surface area contributed by atoms with E-state index in [0.717, 1.165) is 6.42 Å². The quantitative estimate of drug-likeness (QED) is 0.688. The molecule has 1 rings (SSSR count). The van der Waals surface area contributed by atoms with Crippen molar-refractivity contribution in [2.24, 2.45) is 0 Å². The number of aryl methyl sites for hydroxylation is 1. The van der Waals surface area contributed by atoms with Gasteiger partial charge in [0.2, 0.25) is 5.91 Å².